The highest BCUT2D eigenvalue weighted by Crippen LogP contribution is 2.44. The molecule has 12 heavy (non-hydrogen) atoms. The van der Waals surface area contributed by atoms with E-state index in [9.17, 15) is 0 Å². The zero-order valence-corrected chi connectivity index (χ0v) is 7.71. The lowest BCUT2D eigenvalue weighted by molar-refractivity contribution is 0.0173. The molecule has 2 saturated carbocycles. The molecule has 2 unspecified atom stereocenters. The number of nitrogens with zero attached hydrogens (tertiary/aromatic N) is 1. The van der Waals surface area contributed by atoms with Crippen molar-refractivity contribution in [3.63, 3.8) is 0 Å². The van der Waals surface area contributed by atoms with Gasteiger partial charge in [-0.3, -0.25) is 4.90 Å². The Hall–Kier alpha value is -0.0400. The second-order valence-electron chi connectivity index (χ2n) is 4.67. The highest BCUT2D eigenvalue weighted by molar-refractivity contribution is 5.04. The molecule has 0 aromatic heterocycles. The molecule has 67 valence electrons. The first-order valence-electron chi connectivity index (χ1n) is 5.54. The molecule has 0 amide bonds. The fourth-order valence-corrected chi connectivity index (χ4v) is 3.44. The highest BCUT2D eigenvalue weighted by Gasteiger charge is 2.47. The van der Waals surface area contributed by atoms with E-state index in [2.05, 4.69) is 11.3 Å². The van der Waals surface area contributed by atoms with E-state index < -0.39 is 0 Å². The van der Waals surface area contributed by atoms with Crippen LogP contribution >= 0.6 is 0 Å². The maximum Gasteiger partial charge on any atom is 0.0117 e. The van der Waals surface area contributed by atoms with Gasteiger partial charge in [0.1, 0.15) is 0 Å². The zero-order valence-electron chi connectivity index (χ0n) is 7.71. The van der Waals surface area contributed by atoms with Crippen LogP contribution in [0.15, 0.2) is 0 Å². The molecule has 0 N–H and O–H groups in total. The van der Waals surface area contributed by atoms with Crippen molar-refractivity contribution in [3.05, 3.63) is 6.42 Å². The third-order valence-corrected chi connectivity index (χ3v) is 4.05. The average molecular weight is 164 g/mol. The van der Waals surface area contributed by atoms with Crippen LogP contribution in [-0.2, 0) is 0 Å². The SMILES string of the molecule is [CH]1CCC(N2C3CCC2C3)CC1. The van der Waals surface area contributed by atoms with E-state index in [4.69, 9.17) is 0 Å². The Morgan fingerprint density at radius 2 is 1.50 bits per heavy atom. The van der Waals surface area contributed by atoms with Gasteiger partial charge in [-0.2, -0.15) is 0 Å². The quantitative estimate of drug-likeness (QED) is 0.575. The fourth-order valence-electron chi connectivity index (χ4n) is 3.44. The summed E-state index contributed by atoms with van der Waals surface area (Å²) < 4.78 is 0. The Bertz CT molecular complexity index is 158. The van der Waals surface area contributed by atoms with Gasteiger partial charge in [0.15, 0.2) is 0 Å². The van der Waals surface area contributed by atoms with Crippen LogP contribution in [0.5, 0.6) is 0 Å². The Morgan fingerprint density at radius 3 is 2.08 bits per heavy atom. The lowest BCUT2D eigenvalue weighted by Crippen LogP contribution is -2.54. The van der Waals surface area contributed by atoms with Crippen LogP contribution in [0, 0.1) is 6.42 Å². The van der Waals surface area contributed by atoms with Crippen molar-refractivity contribution in [3.8, 4) is 0 Å². The van der Waals surface area contributed by atoms with Gasteiger partial charge in [0.05, 0.1) is 0 Å². The molecule has 2 heterocycles. The molecule has 1 heteroatoms. The van der Waals surface area contributed by atoms with E-state index in [0.717, 1.165) is 18.1 Å². The normalized spacial score (nSPS) is 43.0. The second kappa shape index (κ2) is 2.73. The van der Waals surface area contributed by atoms with Crippen molar-refractivity contribution >= 4 is 0 Å². The van der Waals surface area contributed by atoms with E-state index in [1.165, 1.54) is 44.9 Å². The Kier molecular flexibility index (Phi) is 1.68. The monoisotopic (exact) mass is 164 g/mol. The first-order chi connectivity index (χ1) is 5.95. The molecule has 4 fully saturated rings. The summed E-state index contributed by atoms with van der Waals surface area (Å²) in [5, 5.41) is 0. The standard InChI is InChI=1S/C11H18N/c1-2-4-9(5-3-1)12-10-6-7-11(12)8-10/h1,9-11H,2-8H2. The fraction of sp³-hybridized carbons (Fsp3) is 0.909. The third kappa shape index (κ3) is 0.953. The summed E-state index contributed by atoms with van der Waals surface area (Å²) in [5.74, 6) is 0. The minimum absolute atomic E-state index is 0.973. The molecular formula is C11H18N. The van der Waals surface area contributed by atoms with Crippen LogP contribution in [0.2, 0.25) is 0 Å². The second-order valence-corrected chi connectivity index (χ2v) is 4.67. The van der Waals surface area contributed by atoms with Crippen LogP contribution < -0.4 is 0 Å². The van der Waals surface area contributed by atoms with Crippen LogP contribution in [0.4, 0.5) is 0 Å². The topological polar surface area (TPSA) is 3.24 Å². The lowest BCUT2D eigenvalue weighted by Gasteiger charge is -2.47. The Labute approximate surface area is 75.1 Å². The molecule has 1 radical (unpaired) electrons. The van der Waals surface area contributed by atoms with Gasteiger partial charge >= 0.3 is 0 Å². The summed E-state index contributed by atoms with van der Waals surface area (Å²) in [7, 11) is 0. The van der Waals surface area contributed by atoms with Crippen LogP contribution in [0.3, 0.4) is 0 Å². The van der Waals surface area contributed by atoms with Crippen molar-refractivity contribution in [2.45, 2.75) is 63.1 Å². The minimum atomic E-state index is 0.973. The van der Waals surface area contributed by atoms with Gasteiger partial charge in [-0.25, -0.2) is 0 Å². The van der Waals surface area contributed by atoms with Gasteiger partial charge in [0, 0.05) is 18.1 Å². The van der Waals surface area contributed by atoms with Gasteiger partial charge in [-0.05, 0) is 51.4 Å². The molecule has 2 aliphatic heterocycles. The zero-order chi connectivity index (χ0) is 7.97. The van der Waals surface area contributed by atoms with E-state index in [1.807, 2.05) is 0 Å². The lowest BCUT2D eigenvalue weighted by atomic mass is 9.89. The maximum absolute atomic E-state index is 2.84. The number of hydrogen-bond acceptors (Lipinski definition) is 1. The van der Waals surface area contributed by atoms with Crippen molar-refractivity contribution < 1.29 is 0 Å². The summed E-state index contributed by atoms with van der Waals surface area (Å²) in [5.41, 5.74) is 0. The van der Waals surface area contributed by atoms with Gasteiger partial charge in [0.2, 0.25) is 0 Å². The molecule has 2 bridgehead atoms. The van der Waals surface area contributed by atoms with E-state index >= 15 is 0 Å². The van der Waals surface area contributed by atoms with Crippen molar-refractivity contribution in [1.82, 2.24) is 4.90 Å². The van der Waals surface area contributed by atoms with Gasteiger partial charge in [-0.1, -0.05) is 0 Å². The summed E-state index contributed by atoms with van der Waals surface area (Å²) in [6.45, 7) is 0. The predicted molar refractivity (Wildman–Crippen MR) is 49.8 cm³/mol. The molecule has 4 rings (SSSR count). The molecule has 0 aromatic rings. The van der Waals surface area contributed by atoms with E-state index in [0.29, 0.717) is 0 Å². The molecule has 0 aromatic carbocycles. The van der Waals surface area contributed by atoms with Crippen molar-refractivity contribution in [1.29, 1.82) is 0 Å². The third-order valence-electron chi connectivity index (χ3n) is 4.05. The molecule has 2 aliphatic carbocycles. The van der Waals surface area contributed by atoms with E-state index in [1.54, 1.807) is 0 Å². The van der Waals surface area contributed by atoms with Gasteiger partial charge in [-0.15, -0.1) is 0 Å². The van der Waals surface area contributed by atoms with Gasteiger partial charge < -0.3 is 0 Å². The molecular weight excluding hydrogens is 146 g/mol. The Morgan fingerprint density at radius 1 is 0.833 bits per heavy atom. The Balaban J connectivity index is 1.65. The van der Waals surface area contributed by atoms with Crippen LogP contribution in [-0.4, -0.2) is 23.0 Å². The predicted octanol–water partition coefficient (Wildman–Crippen LogP) is 2.37. The average Bonchev–Trinajstić information content (AvgIpc) is 2.66. The summed E-state index contributed by atoms with van der Waals surface area (Å²) in [6, 6.07) is 3.00. The molecule has 0 spiro atoms. The maximum atomic E-state index is 2.84. The molecule has 2 saturated heterocycles. The number of rotatable bonds is 1. The molecule has 1 nitrogen and oxygen atoms in total. The van der Waals surface area contributed by atoms with Crippen LogP contribution in [0.1, 0.15) is 44.9 Å². The van der Waals surface area contributed by atoms with Crippen molar-refractivity contribution in [2.24, 2.45) is 0 Å². The molecule has 2 atom stereocenters. The van der Waals surface area contributed by atoms with Crippen LogP contribution in [0.25, 0.3) is 0 Å². The number of fused-ring (bicyclic) bond motifs is 1. The largest absolute Gasteiger partial charge is 0.294 e. The summed E-state index contributed by atoms with van der Waals surface area (Å²) >= 11 is 0. The van der Waals surface area contributed by atoms with Crippen molar-refractivity contribution in [2.75, 3.05) is 0 Å². The summed E-state index contributed by atoms with van der Waals surface area (Å²) in [6.07, 6.45) is 12.7. The first kappa shape index (κ1) is 7.37. The number of hydrogen-bond donors (Lipinski definition) is 0. The highest BCUT2D eigenvalue weighted by atomic mass is 15.3. The molecule has 4 aliphatic rings. The van der Waals surface area contributed by atoms with E-state index in [-0.39, 0.29) is 0 Å². The smallest absolute Gasteiger partial charge is 0.0117 e. The minimum Gasteiger partial charge on any atom is -0.294 e. The van der Waals surface area contributed by atoms with Gasteiger partial charge in [0.25, 0.3) is 0 Å². The first-order valence-corrected chi connectivity index (χ1v) is 5.54. The summed E-state index contributed by atoms with van der Waals surface area (Å²) in [4.78, 5) is 2.84.